The molecule has 24 heteroatoms. The van der Waals surface area contributed by atoms with Crippen LogP contribution in [0.2, 0.25) is 0 Å². The van der Waals surface area contributed by atoms with Gasteiger partial charge in [-0.25, -0.2) is 19.2 Å². The SMILES string of the molecule is C=C(C)C(=O)OC1(C(C)C)C2CC3CC(C2)CC1C3.C=C(C)C(=O)OCC(=O)OC1C2CC3C1OS(=O)(=O)C3C2.C=Cc1ccc(OC(C)=O)cc1.CCC(C)(C)C(=O)OC1(C(C)C)C2CC3CC(C2)CC1C3.CCC(C)(C)C(=O)OCC(=O)OC1C2CC3C1OS(=O)(=O)C3C2.CCC(C)c1ccc(OC(C)=O)cc1. The molecule has 0 amide bonds. The summed E-state index contributed by atoms with van der Waals surface area (Å²) in [5.41, 5.74) is 1.64. The van der Waals surface area contributed by atoms with Crippen LogP contribution < -0.4 is 9.47 Å². The zero-order chi connectivity index (χ0) is 81.1. The van der Waals surface area contributed by atoms with E-state index in [0.717, 1.165) is 42.1 Å². The van der Waals surface area contributed by atoms with Gasteiger partial charge >= 0.3 is 47.8 Å². The largest absolute Gasteiger partial charge is 0.458 e. The molecule has 0 radical (unpaired) electrons. The molecule has 2 aromatic rings. The average Bonchev–Trinajstić information content (AvgIpc) is 0.946. The zero-order valence-corrected chi connectivity index (χ0v) is 69.3. The first-order valence-corrected chi connectivity index (χ1v) is 43.0. The van der Waals surface area contributed by atoms with Crippen LogP contribution in [-0.2, 0) is 95.4 Å². The van der Waals surface area contributed by atoms with Crippen molar-refractivity contribution in [1.82, 2.24) is 0 Å². The van der Waals surface area contributed by atoms with Gasteiger partial charge in [0.25, 0.3) is 20.2 Å². The van der Waals surface area contributed by atoms with Crippen molar-refractivity contribution in [3.63, 3.8) is 0 Å². The molecule has 12 aliphatic carbocycles. The summed E-state index contributed by atoms with van der Waals surface area (Å²) >= 11 is 0. The Morgan fingerprint density at radius 1 is 0.500 bits per heavy atom. The Labute approximate surface area is 652 Å². The van der Waals surface area contributed by atoms with E-state index in [0.29, 0.717) is 90.6 Å². The molecule has 0 N–H and O–H groups in total. The van der Waals surface area contributed by atoms with E-state index in [9.17, 15) is 55.2 Å². The second-order valence-corrected chi connectivity index (χ2v) is 38.9. The third-order valence-electron chi connectivity index (χ3n) is 26.4. The average molecular weight is 1570 g/mol. The van der Waals surface area contributed by atoms with Gasteiger partial charge in [-0.05, 0) is 251 Å². The van der Waals surface area contributed by atoms with Crippen LogP contribution in [0.25, 0.3) is 6.08 Å². The number of ether oxygens (including phenoxy) is 8. The number of esters is 8. The van der Waals surface area contributed by atoms with Gasteiger partial charge in [-0.15, -0.1) is 0 Å². The maximum Gasteiger partial charge on any atom is 0.344 e. The molecule has 0 aromatic heterocycles. The molecule has 12 bridgehead atoms. The monoisotopic (exact) mass is 1570 g/mol. The van der Waals surface area contributed by atoms with Crippen LogP contribution in [0.4, 0.5) is 0 Å². The van der Waals surface area contributed by atoms with E-state index in [1.165, 1.54) is 90.5 Å². The van der Waals surface area contributed by atoms with Gasteiger partial charge < -0.3 is 37.9 Å². The molecule has 14 aliphatic rings. The Balaban J connectivity index is 0.000000154. The van der Waals surface area contributed by atoms with Gasteiger partial charge in [-0.1, -0.05) is 105 Å². The van der Waals surface area contributed by atoms with Gasteiger partial charge in [-0.2, -0.15) is 16.8 Å². The molecule has 16 rings (SSSR count). The van der Waals surface area contributed by atoms with E-state index in [2.05, 4.69) is 68.2 Å². The summed E-state index contributed by atoms with van der Waals surface area (Å²) in [4.78, 5) is 92.8. The predicted molar refractivity (Wildman–Crippen MR) is 413 cm³/mol. The highest BCUT2D eigenvalue weighted by Gasteiger charge is 2.68. The molecular formula is C86H122O22S2. The fraction of sp³-hybridized carbons (Fsp3) is 0.698. The van der Waals surface area contributed by atoms with Crippen LogP contribution in [0, 0.1) is 93.7 Å². The Bertz CT molecular complexity index is 3890. The normalized spacial score (nSPS) is 33.0. The molecule has 2 heterocycles. The zero-order valence-electron chi connectivity index (χ0n) is 67.7. The molecule has 12 saturated carbocycles. The first-order valence-electron chi connectivity index (χ1n) is 40.1. The number of fused-ring (bicyclic) bond motifs is 2. The lowest BCUT2D eigenvalue weighted by Gasteiger charge is -2.62. The van der Waals surface area contributed by atoms with Gasteiger partial charge in [0.05, 0.1) is 21.3 Å². The number of rotatable bonds is 21. The van der Waals surface area contributed by atoms with Crippen LogP contribution in [-0.4, -0.2) is 124 Å². The van der Waals surface area contributed by atoms with E-state index in [1.807, 2.05) is 57.2 Å². The predicted octanol–water partition coefficient (Wildman–Crippen LogP) is 15.3. The number of hydrogen-bond donors (Lipinski definition) is 0. The van der Waals surface area contributed by atoms with Crippen molar-refractivity contribution in [3.8, 4) is 11.5 Å². The van der Waals surface area contributed by atoms with E-state index in [1.54, 1.807) is 39.0 Å². The standard InChI is InChI=1S/C19H32O2.C17H26O2.C15H22O7S.C13H16O7S.C12H16O2.C10H10O2/c1-6-18(4,5)17(20)21-19(12(2)3)15-8-13-7-14(10-15)11-16(19)9-13;1-10(2)16(18)19-17(11(3)4)14-6-12-5-13(8-14)9-15(17)7-12;1-4-15(2,3)14(17)20-7-11(16)21-12-8-5-9-10(6-8)23(18,19)22-13(9)12;1-6(2)13(15)18-5-10(14)19-11-7-3-8-9(4-7)21(16,17)20-12(8)11;1-4-9(2)11-5-7-12(8-6-11)14-10(3)13;1-3-9-4-6-10(7-5-9)12-8(2)11/h12-16H,6-11H2,1-5H3;11-15H,1,5-9H2,2-4H3;8-10,12-13H,4-7H2,1-3H3;7-9,11-12H,1,3-5H2,2H3;5-9H,4H2,1-3H3;3-7H,1H2,2H3. The van der Waals surface area contributed by atoms with Crippen molar-refractivity contribution in [2.24, 2.45) is 93.7 Å². The Kier molecular flexibility index (Phi) is 28.0. The molecule has 11 unspecified atom stereocenters. The minimum absolute atomic E-state index is 0.00284. The van der Waals surface area contributed by atoms with Crippen molar-refractivity contribution in [2.45, 2.75) is 272 Å². The number of benzene rings is 2. The minimum atomic E-state index is -3.53. The number of carbonyl (C=O) groups excluding carboxylic acids is 8. The summed E-state index contributed by atoms with van der Waals surface area (Å²) in [5.74, 6) is 5.26. The lowest BCUT2D eigenvalue weighted by atomic mass is 9.47. The molecular weight excluding hydrogens is 1450 g/mol. The summed E-state index contributed by atoms with van der Waals surface area (Å²) in [7, 11) is -7.05. The highest BCUT2D eigenvalue weighted by atomic mass is 32.2. The fourth-order valence-corrected chi connectivity index (χ4v) is 24.0. The van der Waals surface area contributed by atoms with Crippen molar-refractivity contribution in [3.05, 3.63) is 90.5 Å². The quantitative estimate of drug-likeness (QED) is 0.0369. The van der Waals surface area contributed by atoms with E-state index >= 15 is 0 Å². The van der Waals surface area contributed by atoms with Crippen molar-refractivity contribution in [2.75, 3.05) is 13.2 Å². The van der Waals surface area contributed by atoms with Crippen LogP contribution in [0.5, 0.6) is 11.5 Å². The van der Waals surface area contributed by atoms with Crippen LogP contribution in [0.15, 0.2) is 79.4 Å². The maximum absolute atomic E-state index is 12.8. The molecule has 0 spiro atoms. The molecule has 14 fully saturated rings. The summed E-state index contributed by atoms with van der Waals surface area (Å²) in [6.45, 7) is 40.6. The second kappa shape index (κ2) is 35.3. The topological polar surface area (TPSA) is 297 Å². The molecule has 11 atom stereocenters. The summed E-state index contributed by atoms with van der Waals surface area (Å²) in [6, 6.07) is 14.8. The summed E-state index contributed by atoms with van der Waals surface area (Å²) < 4.78 is 100.0. The molecule has 2 aromatic carbocycles. The van der Waals surface area contributed by atoms with Crippen LogP contribution in [0.3, 0.4) is 0 Å². The summed E-state index contributed by atoms with van der Waals surface area (Å²) in [6.07, 6.45) is 17.5. The van der Waals surface area contributed by atoms with E-state index in [-0.39, 0.29) is 69.7 Å². The molecule has 2 aliphatic heterocycles. The van der Waals surface area contributed by atoms with Gasteiger partial charge in [-0.3, -0.25) is 27.5 Å². The van der Waals surface area contributed by atoms with Gasteiger partial charge in [0.15, 0.2) is 13.2 Å². The van der Waals surface area contributed by atoms with E-state index < -0.39 is 97.7 Å². The highest BCUT2D eigenvalue weighted by Crippen LogP contribution is 2.64. The first kappa shape index (κ1) is 87.2. The Morgan fingerprint density at radius 2 is 0.864 bits per heavy atom. The fourth-order valence-electron chi connectivity index (χ4n) is 20.3. The summed E-state index contributed by atoms with van der Waals surface area (Å²) in [5, 5.41) is -0.903. The third kappa shape index (κ3) is 19.4. The van der Waals surface area contributed by atoms with Gasteiger partial charge in [0, 0.05) is 48.7 Å². The Morgan fingerprint density at radius 3 is 1.21 bits per heavy atom. The number of hydrogen-bond acceptors (Lipinski definition) is 22. The van der Waals surface area contributed by atoms with Gasteiger partial charge in [0.1, 0.15) is 47.1 Å². The van der Waals surface area contributed by atoms with Gasteiger partial charge in [0.2, 0.25) is 0 Å². The van der Waals surface area contributed by atoms with E-state index in [4.69, 9.17) is 46.3 Å². The van der Waals surface area contributed by atoms with Crippen LogP contribution >= 0.6 is 0 Å². The van der Waals surface area contributed by atoms with Crippen molar-refractivity contribution in [1.29, 1.82) is 0 Å². The number of carbonyl (C=O) groups is 8. The Hall–Kier alpha value is -6.76. The van der Waals surface area contributed by atoms with Crippen molar-refractivity contribution < 1.29 is 101 Å². The molecule has 22 nitrogen and oxygen atoms in total. The highest BCUT2D eigenvalue weighted by molar-refractivity contribution is 7.88. The lowest BCUT2D eigenvalue weighted by molar-refractivity contribution is -0.231. The minimum Gasteiger partial charge on any atom is -0.458 e. The van der Waals surface area contributed by atoms with Crippen LogP contribution in [0.1, 0.15) is 237 Å². The lowest BCUT2D eigenvalue weighted by Crippen LogP contribution is -2.63. The smallest absolute Gasteiger partial charge is 0.344 e. The molecule has 610 valence electrons. The molecule has 110 heavy (non-hydrogen) atoms. The first-order chi connectivity index (χ1) is 51.5. The third-order valence-corrected chi connectivity index (χ3v) is 30.0. The van der Waals surface area contributed by atoms with Crippen molar-refractivity contribution >= 4 is 74.1 Å². The molecule has 2 saturated heterocycles. The maximum atomic E-state index is 12.8. The second-order valence-electron chi connectivity index (χ2n) is 35.3.